The topological polar surface area (TPSA) is 75.9 Å². The SMILES string of the molecule is COc1cc(C(=O)N2C[C@H]3CN(CC4CC4)C(=O)[C@H]3C2)on1. The summed E-state index contributed by atoms with van der Waals surface area (Å²) in [7, 11) is 1.47. The molecule has 7 heteroatoms. The van der Waals surface area contributed by atoms with E-state index in [2.05, 4.69) is 5.16 Å². The molecule has 0 aromatic carbocycles. The number of carbonyl (C=O) groups is 2. The van der Waals surface area contributed by atoms with E-state index in [1.54, 1.807) is 4.90 Å². The van der Waals surface area contributed by atoms with Crippen molar-refractivity contribution in [1.82, 2.24) is 15.0 Å². The number of amides is 2. The zero-order chi connectivity index (χ0) is 15.3. The van der Waals surface area contributed by atoms with E-state index in [1.807, 2.05) is 4.90 Å². The monoisotopic (exact) mass is 305 g/mol. The molecule has 1 aromatic rings. The van der Waals surface area contributed by atoms with Crippen LogP contribution in [-0.2, 0) is 4.79 Å². The molecule has 2 saturated heterocycles. The van der Waals surface area contributed by atoms with Gasteiger partial charge >= 0.3 is 0 Å². The molecule has 0 N–H and O–H groups in total. The van der Waals surface area contributed by atoms with Gasteiger partial charge in [-0.3, -0.25) is 9.59 Å². The lowest BCUT2D eigenvalue weighted by molar-refractivity contribution is -0.131. The number of hydrogen-bond donors (Lipinski definition) is 0. The van der Waals surface area contributed by atoms with Crippen LogP contribution in [0, 0.1) is 17.8 Å². The Balaban J connectivity index is 1.41. The number of ether oxygens (including phenoxy) is 1. The predicted octanol–water partition coefficient (Wildman–Crippen LogP) is 0.624. The second-order valence-electron chi connectivity index (χ2n) is 6.50. The standard InChI is InChI=1S/C15H19N3O4/c1-21-13-4-12(22-16-13)15(20)18-7-10-6-17(5-9-2-3-9)14(19)11(10)8-18/h4,9-11H,2-3,5-8H2,1H3/t10-,11+/m1/s1. The normalized spacial score (nSPS) is 27.4. The summed E-state index contributed by atoms with van der Waals surface area (Å²) in [6, 6.07) is 1.48. The number of nitrogens with zero attached hydrogens (tertiary/aromatic N) is 3. The molecular formula is C15H19N3O4. The molecule has 118 valence electrons. The number of hydrogen-bond acceptors (Lipinski definition) is 5. The minimum absolute atomic E-state index is 0.0486. The number of likely N-dealkylation sites (tertiary alicyclic amines) is 2. The Morgan fingerprint density at radius 2 is 2.23 bits per heavy atom. The molecule has 2 aliphatic heterocycles. The Bertz CT molecular complexity index is 610. The molecular weight excluding hydrogens is 286 g/mol. The van der Waals surface area contributed by atoms with E-state index in [1.165, 1.54) is 26.0 Å². The van der Waals surface area contributed by atoms with Crippen LogP contribution in [0.1, 0.15) is 23.4 Å². The van der Waals surface area contributed by atoms with Crippen LogP contribution in [-0.4, -0.2) is 60.1 Å². The fourth-order valence-corrected chi connectivity index (χ4v) is 3.50. The van der Waals surface area contributed by atoms with E-state index in [0.717, 1.165) is 13.1 Å². The first-order valence-electron chi connectivity index (χ1n) is 7.74. The van der Waals surface area contributed by atoms with Gasteiger partial charge in [0.2, 0.25) is 11.7 Å². The maximum Gasteiger partial charge on any atom is 0.292 e. The predicted molar refractivity (Wildman–Crippen MR) is 75.2 cm³/mol. The van der Waals surface area contributed by atoms with Gasteiger partial charge in [0.15, 0.2) is 0 Å². The van der Waals surface area contributed by atoms with Crippen LogP contribution in [0.5, 0.6) is 5.88 Å². The van der Waals surface area contributed by atoms with Crippen molar-refractivity contribution in [3.63, 3.8) is 0 Å². The molecule has 1 aromatic heterocycles. The molecule has 0 spiro atoms. The molecule has 0 radical (unpaired) electrons. The molecule has 1 aliphatic carbocycles. The van der Waals surface area contributed by atoms with Crippen molar-refractivity contribution in [3.05, 3.63) is 11.8 Å². The average Bonchev–Trinajstić information content (AvgIpc) is 2.96. The van der Waals surface area contributed by atoms with Gasteiger partial charge in [-0.15, -0.1) is 0 Å². The van der Waals surface area contributed by atoms with E-state index in [9.17, 15) is 9.59 Å². The summed E-state index contributed by atoms with van der Waals surface area (Å²) in [6.07, 6.45) is 2.49. The van der Waals surface area contributed by atoms with Gasteiger partial charge in [-0.25, -0.2) is 0 Å². The van der Waals surface area contributed by atoms with Crippen molar-refractivity contribution in [2.24, 2.45) is 17.8 Å². The molecule has 3 fully saturated rings. The minimum atomic E-state index is -0.216. The van der Waals surface area contributed by atoms with Gasteiger partial charge in [-0.2, -0.15) is 0 Å². The molecule has 7 nitrogen and oxygen atoms in total. The minimum Gasteiger partial charge on any atom is -0.479 e. The summed E-state index contributed by atoms with van der Waals surface area (Å²) in [5.74, 6) is 1.36. The molecule has 2 amide bonds. The lowest BCUT2D eigenvalue weighted by Gasteiger charge is -2.21. The Labute approximate surface area is 128 Å². The number of carbonyl (C=O) groups excluding carboxylic acids is 2. The van der Waals surface area contributed by atoms with Gasteiger partial charge < -0.3 is 19.1 Å². The third-order valence-corrected chi connectivity index (χ3v) is 4.90. The lowest BCUT2D eigenvalue weighted by Crippen LogP contribution is -2.36. The van der Waals surface area contributed by atoms with Crippen LogP contribution in [0.4, 0.5) is 0 Å². The zero-order valence-corrected chi connectivity index (χ0v) is 12.5. The summed E-state index contributed by atoms with van der Waals surface area (Å²) < 4.78 is 9.92. The molecule has 2 atom stereocenters. The summed E-state index contributed by atoms with van der Waals surface area (Å²) in [6.45, 7) is 2.77. The molecule has 4 rings (SSSR count). The number of methoxy groups -OCH3 is 1. The van der Waals surface area contributed by atoms with Crippen molar-refractivity contribution in [2.45, 2.75) is 12.8 Å². The highest BCUT2D eigenvalue weighted by atomic mass is 16.5. The van der Waals surface area contributed by atoms with Crippen LogP contribution in [0.2, 0.25) is 0 Å². The molecule has 0 bridgehead atoms. The lowest BCUT2D eigenvalue weighted by atomic mass is 10.0. The Kier molecular flexibility index (Phi) is 3.09. The molecule has 0 unspecified atom stereocenters. The van der Waals surface area contributed by atoms with Crippen molar-refractivity contribution < 1.29 is 18.8 Å². The van der Waals surface area contributed by atoms with Crippen LogP contribution in [0.25, 0.3) is 0 Å². The van der Waals surface area contributed by atoms with E-state index < -0.39 is 0 Å². The highest BCUT2D eigenvalue weighted by Crippen LogP contribution is 2.37. The Morgan fingerprint density at radius 1 is 1.41 bits per heavy atom. The largest absolute Gasteiger partial charge is 0.479 e. The second-order valence-corrected chi connectivity index (χ2v) is 6.50. The van der Waals surface area contributed by atoms with Crippen molar-refractivity contribution >= 4 is 11.8 Å². The van der Waals surface area contributed by atoms with Crippen molar-refractivity contribution in [3.8, 4) is 5.88 Å². The van der Waals surface area contributed by atoms with Gasteiger partial charge in [-0.1, -0.05) is 0 Å². The fourth-order valence-electron chi connectivity index (χ4n) is 3.50. The highest BCUT2D eigenvalue weighted by Gasteiger charge is 2.48. The quantitative estimate of drug-likeness (QED) is 0.815. The number of fused-ring (bicyclic) bond motifs is 1. The molecule has 3 aliphatic rings. The van der Waals surface area contributed by atoms with Gasteiger partial charge in [0, 0.05) is 32.1 Å². The van der Waals surface area contributed by atoms with Gasteiger partial charge in [0.1, 0.15) is 0 Å². The maximum absolute atomic E-state index is 12.4. The third kappa shape index (κ3) is 2.24. The Hall–Kier alpha value is -2.05. The smallest absolute Gasteiger partial charge is 0.292 e. The summed E-state index contributed by atoms with van der Waals surface area (Å²) in [5.41, 5.74) is 0. The first-order valence-corrected chi connectivity index (χ1v) is 7.74. The van der Waals surface area contributed by atoms with Crippen molar-refractivity contribution in [1.29, 1.82) is 0 Å². The van der Waals surface area contributed by atoms with Crippen LogP contribution in [0.3, 0.4) is 0 Å². The van der Waals surface area contributed by atoms with E-state index in [0.29, 0.717) is 19.0 Å². The molecule has 22 heavy (non-hydrogen) atoms. The van der Waals surface area contributed by atoms with Crippen molar-refractivity contribution in [2.75, 3.05) is 33.3 Å². The third-order valence-electron chi connectivity index (χ3n) is 4.90. The number of aromatic nitrogens is 1. The van der Waals surface area contributed by atoms with E-state index >= 15 is 0 Å². The molecule has 1 saturated carbocycles. The van der Waals surface area contributed by atoms with Crippen LogP contribution < -0.4 is 4.74 Å². The Morgan fingerprint density at radius 3 is 2.86 bits per heavy atom. The first-order chi connectivity index (χ1) is 10.7. The van der Waals surface area contributed by atoms with Gasteiger partial charge in [0.05, 0.1) is 19.1 Å². The fraction of sp³-hybridized carbons (Fsp3) is 0.667. The van der Waals surface area contributed by atoms with Gasteiger partial charge in [0.25, 0.3) is 11.8 Å². The molecule has 3 heterocycles. The first kappa shape index (κ1) is 13.6. The zero-order valence-electron chi connectivity index (χ0n) is 12.5. The summed E-state index contributed by atoms with van der Waals surface area (Å²) in [4.78, 5) is 28.5. The average molecular weight is 305 g/mol. The van der Waals surface area contributed by atoms with E-state index in [-0.39, 0.29) is 35.3 Å². The van der Waals surface area contributed by atoms with Crippen LogP contribution in [0.15, 0.2) is 10.6 Å². The van der Waals surface area contributed by atoms with E-state index in [4.69, 9.17) is 9.26 Å². The highest BCUT2D eigenvalue weighted by molar-refractivity contribution is 5.93. The number of rotatable bonds is 4. The maximum atomic E-state index is 12.4. The summed E-state index contributed by atoms with van der Waals surface area (Å²) in [5, 5.41) is 3.65. The summed E-state index contributed by atoms with van der Waals surface area (Å²) >= 11 is 0. The van der Waals surface area contributed by atoms with Gasteiger partial charge in [-0.05, 0) is 23.9 Å². The second kappa shape index (κ2) is 5.00. The van der Waals surface area contributed by atoms with Crippen LogP contribution >= 0.6 is 0 Å².